The van der Waals surface area contributed by atoms with Crippen molar-refractivity contribution in [1.82, 2.24) is 0 Å². The van der Waals surface area contributed by atoms with Crippen molar-refractivity contribution in [2.45, 2.75) is 10.3 Å². The lowest BCUT2D eigenvalue weighted by atomic mass is 10.1. The molecule has 1 fully saturated rings. The van der Waals surface area contributed by atoms with Crippen LogP contribution in [0.1, 0.15) is 27.4 Å². The van der Waals surface area contributed by atoms with Crippen LogP contribution in [0.2, 0.25) is 15.1 Å². The number of nitrogens with zero attached hydrogens (tertiary/aromatic N) is 1. The fourth-order valence-electron chi connectivity index (χ4n) is 3.65. The molecule has 0 saturated heterocycles. The largest absolute Gasteiger partial charge is 0.326 e. The highest BCUT2D eigenvalue weighted by Gasteiger charge is 2.67. The van der Waals surface area contributed by atoms with E-state index >= 15 is 0 Å². The Hall–Kier alpha value is -2.53. The number of alkyl halides is 2. The molecular weight excluding hydrogens is 559 g/mol. The van der Waals surface area contributed by atoms with E-state index in [4.69, 9.17) is 63.3 Å². The summed E-state index contributed by atoms with van der Waals surface area (Å²) in [5.74, 6) is -3.27. The van der Waals surface area contributed by atoms with Crippen LogP contribution < -0.4 is 10.6 Å². The van der Waals surface area contributed by atoms with Gasteiger partial charge in [0.1, 0.15) is 10.2 Å². The first kappa shape index (κ1) is 25.6. The number of carbonyl (C=O) groups is 2. The van der Waals surface area contributed by atoms with Crippen LogP contribution in [-0.4, -0.2) is 16.1 Å². The van der Waals surface area contributed by atoms with Gasteiger partial charge in [0.25, 0.3) is 5.91 Å². The van der Waals surface area contributed by atoms with Gasteiger partial charge in [-0.15, -0.1) is 23.2 Å². The number of hydrogen-bond acceptors (Lipinski definition) is 3. The molecule has 0 bridgehead atoms. The van der Waals surface area contributed by atoms with E-state index in [0.717, 1.165) is 6.07 Å². The van der Waals surface area contributed by atoms with Crippen LogP contribution in [0.15, 0.2) is 54.6 Å². The van der Waals surface area contributed by atoms with Crippen molar-refractivity contribution >= 4 is 81.2 Å². The maximum Gasteiger partial charge on any atom is 0.257 e. The molecule has 3 aromatic carbocycles. The van der Waals surface area contributed by atoms with Crippen LogP contribution >= 0.6 is 58.0 Å². The van der Waals surface area contributed by atoms with E-state index in [-0.39, 0.29) is 27.5 Å². The van der Waals surface area contributed by atoms with E-state index in [0.29, 0.717) is 15.6 Å². The average molecular weight is 572 g/mol. The van der Waals surface area contributed by atoms with Gasteiger partial charge in [0, 0.05) is 11.6 Å². The van der Waals surface area contributed by atoms with Gasteiger partial charge in [0.15, 0.2) is 0 Å². The summed E-state index contributed by atoms with van der Waals surface area (Å²) in [5.41, 5.74) is 0.889. The number of nitrogens with one attached hydrogen (secondary N) is 2. The maximum absolute atomic E-state index is 14.2. The van der Waals surface area contributed by atoms with Gasteiger partial charge in [-0.25, -0.2) is 4.39 Å². The van der Waals surface area contributed by atoms with Crippen LogP contribution in [0.3, 0.4) is 0 Å². The van der Waals surface area contributed by atoms with Crippen LogP contribution in [-0.2, 0) is 4.79 Å². The Kier molecular flexibility index (Phi) is 7.19. The summed E-state index contributed by atoms with van der Waals surface area (Å²) >= 11 is 31.0. The predicted molar refractivity (Wildman–Crippen MR) is 136 cm³/mol. The number of benzene rings is 3. The quantitative estimate of drug-likeness (QED) is 0.313. The molecule has 0 aliphatic heterocycles. The molecule has 0 spiro atoms. The Balaban J connectivity index is 1.51. The summed E-state index contributed by atoms with van der Waals surface area (Å²) in [6.45, 7) is 0. The van der Waals surface area contributed by atoms with Gasteiger partial charge in [-0.3, -0.25) is 9.59 Å². The molecule has 178 valence electrons. The molecule has 11 heteroatoms. The first-order valence-corrected chi connectivity index (χ1v) is 11.9. The van der Waals surface area contributed by atoms with Crippen molar-refractivity contribution in [2.24, 2.45) is 5.92 Å². The number of rotatable bonds is 5. The topological polar surface area (TPSA) is 82.0 Å². The van der Waals surface area contributed by atoms with Crippen LogP contribution in [0.5, 0.6) is 0 Å². The molecule has 0 aromatic heterocycles. The second-order valence-corrected chi connectivity index (χ2v) is 10.4. The highest BCUT2D eigenvalue weighted by atomic mass is 35.5. The first-order chi connectivity index (χ1) is 16.5. The van der Waals surface area contributed by atoms with Crippen molar-refractivity contribution in [2.75, 3.05) is 10.6 Å². The van der Waals surface area contributed by atoms with E-state index in [1.54, 1.807) is 18.2 Å². The normalized spacial score (nSPS) is 17.9. The highest BCUT2D eigenvalue weighted by molar-refractivity contribution is 6.53. The zero-order valence-electron chi connectivity index (χ0n) is 17.4. The molecular formula is C24H13Cl5FN3O2. The smallest absolute Gasteiger partial charge is 0.257 e. The standard InChI is InChI=1S/C24H13Cl5FN3O2/c25-15-5-3-13(9-14(15)22(34)33-19-6-1-11(10-31)7-18(19)30)32-23(35)21-20(24(21,28)29)12-2-4-16(26)17(27)8-12/h1-9,20-21H,(H,32,35)(H,33,34)/t20-,21+/m1/s1. The number of halogens is 6. The fraction of sp³-hybridized carbons (Fsp3) is 0.125. The van der Waals surface area contributed by atoms with Crippen molar-refractivity contribution in [3.8, 4) is 6.07 Å². The average Bonchev–Trinajstić information content (AvgIpc) is 3.40. The lowest BCUT2D eigenvalue weighted by molar-refractivity contribution is -0.117. The van der Waals surface area contributed by atoms with Gasteiger partial charge in [-0.1, -0.05) is 40.9 Å². The van der Waals surface area contributed by atoms with Gasteiger partial charge in [0.05, 0.1) is 43.9 Å². The summed E-state index contributed by atoms with van der Waals surface area (Å²) in [6, 6.07) is 14.6. The molecule has 5 nitrogen and oxygen atoms in total. The van der Waals surface area contributed by atoms with Gasteiger partial charge < -0.3 is 10.6 Å². The Bertz CT molecular complexity index is 1410. The molecule has 2 amide bonds. The van der Waals surface area contributed by atoms with Gasteiger partial charge in [0.2, 0.25) is 5.91 Å². The fourth-order valence-corrected chi connectivity index (χ4v) is 4.98. The minimum Gasteiger partial charge on any atom is -0.326 e. The molecule has 1 aliphatic carbocycles. The van der Waals surface area contributed by atoms with Crippen molar-refractivity contribution in [1.29, 1.82) is 5.26 Å². The minimum absolute atomic E-state index is 0.00642. The van der Waals surface area contributed by atoms with Crippen molar-refractivity contribution in [3.63, 3.8) is 0 Å². The van der Waals surface area contributed by atoms with Crippen molar-refractivity contribution in [3.05, 3.63) is 92.2 Å². The van der Waals surface area contributed by atoms with Crippen LogP contribution in [0, 0.1) is 23.1 Å². The summed E-state index contributed by atoms with van der Waals surface area (Å²) in [5, 5.41) is 14.7. The number of nitriles is 1. The predicted octanol–water partition coefficient (Wildman–Crippen LogP) is 7.44. The Labute approximate surface area is 224 Å². The SMILES string of the molecule is N#Cc1ccc(NC(=O)c2cc(NC(=O)[C@@H]3[C@@H](c4ccc(Cl)c(Cl)c4)C3(Cl)Cl)ccc2Cl)c(F)c1. The third-order valence-corrected chi connectivity index (χ3v) is 7.47. The molecule has 0 radical (unpaired) electrons. The van der Waals surface area contributed by atoms with E-state index in [9.17, 15) is 14.0 Å². The van der Waals surface area contributed by atoms with E-state index in [1.807, 2.05) is 6.07 Å². The molecule has 2 atom stereocenters. The van der Waals surface area contributed by atoms with E-state index in [1.165, 1.54) is 30.3 Å². The summed E-state index contributed by atoms with van der Waals surface area (Å²) in [4.78, 5) is 25.7. The van der Waals surface area contributed by atoms with Crippen LogP contribution in [0.4, 0.5) is 15.8 Å². The number of carbonyl (C=O) groups excluding carboxylic acids is 2. The molecule has 4 rings (SSSR count). The van der Waals surface area contributed by atoms with E-state index < -0.39 is 33.8 Å². The van der Waals surface area contributed by atoms with Crippen molar-refractivity contribution < 1.29 is 14.0 Å². The second kappa shape index (κ2) is 9.85. The van der Waals surface area contributed by atoms with Crippen LogP contribution in [0.25, 0.3) is 0 Å². The Morgan fingerprint density at radius 3 is 2.29 bits per heavy atom. The molecule has 1 saturated carbocycles. The molecule has 2 N–H and O–H groups in total. The second-order valence-electron chi connectivity index (χ2n) is 7.75. The molecule has 3 aromatic rings. The number of hydrogen-bond donors (Lipinski definition) is 2. The molecule has 1 aliphatic rings. The monoisotopic (exact) mass is 569 g/mol. The number of amides is 2. The first-order valence-electron chi connectivity index (χ1n) is 9.97. The summed E-state index contributed by atoms with van der Waals surface area (Å²) < 4.78 is 12.8. The third kappa shape index (κ3) is 5.20. The zero-order chi connectivity index (χ0) is 25.5. The third-order valence-electron chi connectivity index (χ3n) is 5.46. The van der Waals surface area contributed by atoms with Gasteiger partial charge in [-0.05, 0) is 54.1 Å². The highest BCUT2D eigenvalue weighted by Crippen LogP contribution is 2.65. The van der Waals surface area contributed by atoms with Gasteiger partial charge in [-0.2, -0.15) is 5.26 Å². The Morgan fingerprint density at radius 1 is 0.914 bits per heavy atom. The molecule has 0 unspecified atom stereocenters. The lowest BCUT2D eigenvalue weighted by Crippen LogP contribution is -2.18. The lowest BCUT2D eigenvalue weighted by Gasteiger charge is -2.11. The van der Waals surface area contributed by atoms with Gasteiger partial charge >= 0.3 is 0 Å². The maximum atomic E-state index is 14.2. The molecule has 0 heterocycles. The minimum atomic E-state index is -1.36. The molecule has 35 heavy (non-hydrogen) atoms. The summed E-state index contributed by atoms with van der Waals surface area (Å²) in [7, 11) is 0. The Morgan fingerprint density at radius 2 is 1.63 bits per heavy atom. The summed E-state index contributed by atoms with van der Waals surface area (Å²) in [6.07, 6.45) is 0. The zero-order valence-corrected chi connectivity index (χ0v) is 21.2. The van der Waals surface area contributed by atoms with E-state index in [2.05, 4.69) is 10.6 Å². The number of anilines is 2.